The van der Waals surface area contributed by atoms with E-state index < -0.39 is 0 Å². The standard InChI is InChI=1S/C22H20N4O2/c1-13-9-10-17(14(2)11-13)19(27)12-18-22(28)24-21-20(23-18)15(3)25-26(21)16-7-5-4-6-8-16/h4-12,27H,1-3H3,(H,24,28)/b19-12-. The van der Waals surface area contributed by atoms with Gasteiger partial charge >= 0.3 is 0 Å². The second-order valence-corrected chi connectivity index (χ2v) is 6.83. The molecule has 2 aromatic carbocycles. The van der Waals surface area contributed by atoms with Crippen molar-refractivity contribution in [3.63, 3.8) is 0 Å². The Morgan fingerprint density at radius 3 is 2.57 bits per heavy atom. The van der Waals surface area contributed by atoms with E-state index >= 15 is 0 Å². The highest BCUT2D eigenvalue weighted by molar-refractivity contribution is 5.80. The van der Waals surface area contributed by atoms with Gasteiger partial charge in [-0.15, -0.1) is 0 Å². The maximum absolute atomic E-state index is 12.6. The Bertz CT molecular complexity index is 1270. The maximum Gasteiger partial charge on any atom is 0.275 e. The molecule has 0 spiro atoms. The molecule has 2 aromatic heterocycles. The fourth-order valence-electron chi connectivity index (χ4n) is 3.27. The first-order chi connectivity index (χ1) is 13.4. The lowest BCUT2D eigenvalue weighted by Gasteiger charge is -2.06. The van der Waals surface area contributed by atoms with E-state index in [0.29, 0.717) is 22.4 Å². The van der Waals surface area contributed by atoms with Crippen LogP contribution in [0, 0.1) is 20.8 Å². The van der Waals surface area contributed by atoms with E-state index in [9.17, 15) is 9.90 Å². The van der Waals surface area contributed by atoms with Crippen molar-refractivity contribution >= 4 is 23.0 Å². The number of aromatic amines is 1. The third-order valence-electron chi connectivity index (χ3n) is 4.66. The van der Waals surface area contributed by atoms with Gasteiger partial charge in [0.1, 0.15) is 17.0 Å². The molecule has 0 saturated heterocycles. The molecule has 140 valence electrons. The summed E-state index contributed by atoms with van der Waals surface area (Å²) >= 11 is 0. The monoisotopic (exact) mass is 372 g/mol. The number of fused-ring (bicyclic) bond motifs is 1. The quantitative estimate of drug-likeness (QED) is 0.531. The van der Waals surface area contributed by atoms with Crippen molar-refractivity contribution in [1.29, 1.82) is 0 Å². The molecule has 0 unspecified atom stereocenters. The number of aryl methyl sites for hydroxylation is 3. The van der Waals surface area contributed by atoms with E-state index in [2.05, 4.69) is 15.1 Å². The summed E-state index contributed by atoms with van der Waals surface area (Å²) in [5.41, 5.74) is 5.09. The summed E-state index contributed by atoms with van der Waals surface area (Å²) in [4.78, 5) is 19.9. The lowest BCUT2D eigenvalue weighted by molar-refractivity contribution is 0.514. The van der Waals surface area contributed by atoms with Crippen LogP contribution in [-0.4, -0.2) is 24.9 Å². The highest BCUT2D eigenvalue weighted by Gasteiger charge is 2.14. The molecule has 4 aromatic rings. The van der Waals surface area contributed by atoms with Gasteiger partial charge in [0.25, 0.3) is 5.56 Å². The number of nitrogens with one attached hydrogen (secondary N) is 1. The number of hydrogen-bond acceptors (Lipinski definition) is 4. The van der Waals surface area contributed by atoms with Crippen LogP contribution >= 0.6 is 0 Å². The lowest BCUT2D eigenvalue weighted by atomic mass is 10.0. The van der Waals surface area contributed by atoms with Crippen molar-refractivity contribution in [3.8, 4) is 5.69 Å². The van der Waals surface area contributed by atoms with E-state index in [-0.39, 0.29) is 17.0 Å². The number of aliphatic hydroxyl groups excluding tert-OH is 1. The predicted molar refractivity (Wildman–Crippen MR) is 111 cm³/mol. The summed E-state index contributed by atoms with van der Waals surface area (Å²) < 4.78 is 1.66. The first kappa shape index (κ1) is 17.7. The second kappa shape index (κ2) is 6.81. The van der Waals surface area contributed by atoms with Gasteiger partial charge in [0.05, 0.1) is 11.4 Å². The molecule has 0 aliphatic carbocycles. The minimum absolute atomic E-state index is 0.00274. The fraction of sp³-hybridized carbons (Fsp3) is 0.136. The summed E-state index contributed by atoms with van der Waals surface area (Å²) in [6, 6.07) is 15.3. The van der Waals surface area contributed by atoms with E-state index in [1.807, 2.05) is 69.3 Å². The normalized spacial score (nSPS) is 11.9. The van der Waals surface area contributed by atoms with Gasteiger partial charge in [-0.1, -0.05) is 42.0 Å². The molecule has 0 radical (unpaired) electrons. The summed E-state index contributed by atoms with van der Waals surface area (Å²) in [6.45, 7) is 5.75. The Balaban J connectivity index is 1.84. The van der Waals surface area contributed by atoms with E-state index in [1.165, 1.54) is 6.08 Å². The molecular formula is C22H20N4O2. The van der Waals surface area contributed by atoms with Crippen molar-refractivity contribution in [3.05, 3.63) is 87.0 Å². The van der Waals surface area contributed by atoms with Crippen LogP contribution in [0.3, 0.4) is 0 Å². The second-order valence-electron chi connectivity index (χ2n) is 6.83. The summed E-state index contributed by atoms with van der Waals surface area (Å²) in [6.07, 6.45) is 1.40. The van der Waals surface area contributed by atoms with Crippen molar-refractivity contribution < 1.29 is 5.11 Å². The van der Waals surface area contributed by atoms with Gasteiger partial charge in [-0.3, -0.25) is 4.79 Å². The lowest BCUT2D eigenvalue weighted by Crippen LogP contribution is -2.13. The van der Waals surface area contributed by atoms with Gasteiger partial charge in [-0.25, -0.2) is 9.67 Å². The van der Waals surface area contributed by atoms with Crippen LogP contribution in [-0.2, 0) is 0 Å². The summed E-state index contributed by atoms with van der Waals surface area (Å²) in [7, 11) is 0. The highest BCUT2D eigenvalue weighted by Crippen LogP contribution is 2.21. The van der Waals surface area contributed by atoms with E-state index in [4.69, 9.17) is 0 Å². The van der Waals surface area contributed by atoms with Crippen molar-refractivity contribution in [2.75, 3.05) is 0 Å². The molecule has 0 atom stereocenters. The van der Waals surface area contributed by atoms with Crippen molar-refractivity contribution in [2.45, 2.75) is 20.8 Å². The first-order valence-electron chi connectivity index (χ1n) is 8.97. The predicted octanol–water partition coefficient (Wildman–Crippen LogP) is 4.09. The van der Waals surface area contributed by atoms with Crippen LogP contribution in [0.5, 0.6) is 0 Å². The molecule has 0 fully saturated rings. The number of H-pyrrole nitrogens is 1. The molecule has 2 heterocycles. The van der Waals surface area contributed by atoms with Gasteiger partial charge in [-0.2, -0.15) is 5.10 Å². The van der Waals surface area contributed by atoms with Crippen LogP contribution in [0.2, 0.25) is 0 Å². The highest BCUT2D eigenvalue weighted by atomic mass is 16.3. The smallest absolute Gasteiger partial charge is 0.275 e. The third kappa shape index (κ3) is 3.09. The average Bonchev–Trinajstić information content (AvgIpc) is 2.98. The zero-order valence-corrected chi connectivity index (χ0v) is 15.9. The number of para-hydroxylation sites is 1. The third-order valence-corrected chi connectivity index (χ3v) is 4.66. The summed E-state index contributed by atoms with van der Waals surface area (Å²) in [5.74, 6) is 0.00274. The van der Waals surface area contributed by atoms with Crippen LogP contribution in [0.4, 0.5) is 0 Å². The van der Waals surface area contributed by atoms with Crippen LogP contribution in [0.15, 0.2) is 53.3 Å². The molecule has 0 amide bonds. The number of hydrogen-bond donors (Lipinski definition) is 2. The molecule has 28 heavy (non-hydrogen) atoms. The topological polar surface area (TPSA) is 83.8 Å². The Morgan fingerprint density at radius 2 is 1.86 bits per heavy atom. The minimum atomic E-state index is -0.388. The van der Waals surface area contributed by atoms with Crippen LogP contribution in [0.25, 0.3) is 28.7 Å². The molecule has 0 aliphatic heterocycles. The number of aromatic nitrogens is 4. The molecule has 0 saturated carbocycles. The van der Waals surface area contributed by atoms with E-state index in [0.717, 1.165) is 16.8 Å². The molecule has 0 bridgehead atoms. The number of benzene rings is 2. The number of nitrogens with zero attached hydrogens (tertiary/aromatic N) is 3. The molecule has 2 N–H and O–H groups in total. The van der Waals surface area contributed by atoms with E-state index in [1.54, 1.807) is 4.68 Å². The Morgan fingerprint density at radius 1 is 1.11 bits per heavy atom. The van der Waals surface area contributed by atoms with Crippen molar-refractivity contribution in [1.82, 2.24) is 19.7 Å². The zero-order valence-electron chi connectivity index (χ0n) is 15.9. The Kier molecular flexibility index (Phi) is 4.31. The van der Waals surface area contributed by atoms with Gasteiger partial charge in [0.2, 0.25) is 0 Å². The Labute approximate surface area is 161 Å². The fourth-order valence-corrected chi connectivity index (χ4v) is 3.27. The largest absolute Gasteiger partial charge is 0.507 e. The van der Waals surface area contributed by atoms with Gasteiger partial charge in [0, 0.05) is 11.6 Å². The van der Waals surface area contributed by atoms with Crippen LogP contribution < -0.4 is 5.56 Å². The number of aliphatic hydroxyl groups is 1. The molecular weight excluding hydrogens is 352 g/mol. The average molecular weight is 372 g/mol. The minimum Gasteiger partial charge on any atom is -0.507 e. The zero-order chi connectivity index (χ0) is 19.8. The molecule has 4 rings (SSSR count). The molecule has 0 aliphatic rings. The number of rotatable bonds is 3. The molecule has 6 heteroatoms. The summed E-state index contributed by atoms with van der Waals surface area (Å²) in [5, 5.41) is 15.0. The van der Waals surface area contributed by atoms with Crippen LogP contribution in [0.1, 0.15) is 28.1 Å². The first-order valence-corrected chi connectivity index (χ1v) is 8.97. The Hall–Kier alpha value is -3.67. The molecule has 6 nitrogen and oxygen atoms in total. The SMILES string of the molecule is Cc1ccc(/C(O)=C/c2nc3c(C)nn(-c4ccccc4)c3[nH]c2=O)c(C)c1. The van der Waals surface area contributed by atoms with Gasteiger partial charge in [0.15, 0.2) is 5.65 Å². The van der Waals surface area contributed by atoms with Gasteiger partial charge < -0.3 is 10.1 Å². The van der Waals surface area contributed by atoms with Crippen molar-refractivity contribution in [2.24, 2.45) is 0 Å². The maximum atomic E-state index is 12.6. The van der Waals surface area contributed by atoms with Gasteiger partial charge in [-0.05, 0) is 38.5 Å².